The molecule has 0 aliphatic heterocycles. The molecule has 0 aliphatic rings. The molecular formula is C21H28N6O. The Balaban J connectivity index is 1.69. The van der Waals surface area contributed by atoms with E-state index >= 15 is 0 Å². The number of amides is 2. The van der Waals surface area contributed by atoms with Gasteiger partial charge in [0.25, 0.3) is 0 Å². The third kappa shape index (κ3) is 4.24. The van der Waals surface area contributed by atoms with Gasteiger partial charge in [-0.3, -0.25) is 4.68 Å². The van der Waals surface area contributed by atoms with Gasteiger partial charge >= 0.3 is 6.03 Å². The average Bonchev–Trinajstić information content (AvgIpc) is 3.24. The number of benzene rings is 1. The Labute approximate surface area is 166 Å². The lowest BCUT2D eigenvalue weighted by Gasteiger charge is -2.23. The highest BCUT2D eigenvalue weighted by atomic mass is 16.2. The number of hydrogen-bond donors (Lipinski definition) is 1. The van der Waals surface area contributed by atoms with E-state index in [-0.39, 0.29) is 12.1 Å². The van der Waals surface area contributed by atoms with Crippen molar-refractivity contribution in [3.8, 4) is 5.69 Å². The summed E-state index contributed by atoms with van der Waals surface area (Å²) in [6.07, 6.45) is 2.55. The summed E-state index contributed by atoms with van der Waals surface area (Å²) in [6, 6.07) is 11.9. The van der Waals surface area contributed by atoms with Gasteiger partial charge in [0.15, 0.2) is 0 Å². The third-order valence-electron chi connectivity index (χ3n) is 4.85. The van der Waals surface area contributed by atoms with Crippen LogP contribution in [0.15, 0.2) is 42.6 Å². The molecule has 7 heteroatoms. The average molecular weight is 380 g/mol. The predicted octanol–water partition coefficient (Wildman–Crippen LogP) is 3.52. The summed E-state index contributed by atoms with van der Waals surface area (Å²) in [6.45, 7) is 6.59. The molecule has 2 amide bonds. The molecule has 0 fully saturated rings. The maximum absolute atomic E-state index is 12.7. The van der Waals surface area contributed by atoms with Crippen molar-refractivity contribution in [3.63, 3.8) is 0 Å². The van der Waals surface area contributed by atoms with Crippen LogP contribution in [-0.2, 0) is 13.6 Å². The van der Waals surface area contributed by atoms with E-state index in [1.165, 1.54) is 0 Å². The summed E-state index contributed by atoms with van der Waals surface area (Å²) in [7, 11) is 3.69. The molecule has 148 valence electrons. The minimum atomic E-state index is -0.107. The van der Waals surface area contributed by atoms with Crippen molar-refractivity contribution in [2.75, 3.05) is 7.05 Å². The molecule has 1 aromatic carbocycles. The molecule has 2 aromatic heterocycles. The number of carbonyl (C=O) groups excluding carboxylic acids is 1. The molecule has 1 atom stereocenters. The second kappa shape index (κ2) is 8.29. The normalized spacial score (nSPS) is 12.0. The largest absolute Gasteiger partial charge is 0.330 e. The van der Waals surface area contributed by atoms with Gasteiger partial charge in [-0.25, -0.2) is 9.48 Å². The van der Waals surface area contributed by atoms with E-state index in [0.717, 1.165) is 34.8 Å². The molecule has 2 heterocycles. The zero-order chi connectivity index (χ0) is 20.3. The highest BCUT2D eigenvalue weighted by Gasteiger charge is 2.18. The Morgan fingerprint density at radius 1 is 1.25 bits per heavy atom. The van der Waals surface area contributed by atoms with Crippen molar-refractivity contribution in [3.05, 3.63) is 65.2 Å². The number of hydrogen-bond acceptors (Lipinski definition) is 3. The first-order chi connectivity index (χ1) is 13.4. The zero-order valence-electron chi connectivity index (χ0n) is 17.2. The Morgan fingerprint density at radius 3 is 2.64 bits per heavy atom. The van der Waals surface area contributed by atoms with Crippen LogP contribution in [0.4, 0.5) is 4.79 Å². The fourth-order valence-electron chi connectivity index (χ4n) is 3.39. The van der Waals surface area contributed by atoms with Crippen LogP contribution in [0, 0.1) is 13.8 Å². The van der Waals surface area contributed by atoms with Crippen molar-refractivity contribution in [1.29, 1.82) is 0 Å². The molecule has 0 saturated carbocycles. The standard InChI is InChI=1S/C21H28N6O/c1-6-19(20-10-11-22-26(20)5)23-21(28)25(4)14-17-8-7-9-18(13-17)27-16(3)12-15(2)24-27/h7-13,19H,6,14H2,1-5H3,(H,23,28). The van der Waals surface area contributed by atoms with Crippen LogP contribution in [0.1, 0.15) is 42.0 Å². The summed E-state index contributed by atoms with van der Waals surface area (Å²) >= 11 is 0. The molecule has 0 saturated heterocycles. The molecule has 3 rings (SSSR count). The van der Waals surface area contributed by atoms with Gasteiger partial charge in [0.05, 0.1) is 23.1 Å². The number of rotatable bonds is 6. The molecule has 7 nitrogen and oxygen atoms in total. The van der Waals surface area contributed by atoms with Crippen LogP contribution in [0.25, 0.3) is 5.69 Å². The van der Waals surface area contributed by atoms with E-state index in [2.05, 4.69) is 34.6 Å². The molecule has 0 radical (unpaired) electrons. The topological polar surface area (TPSA) is 68.0 Å². The van der Waals surface area contributed by atoms with Crippen LogP contribution in [0.5, 0.6) is 0 Å². The van der Waals surface area contributed by atoms with Gasteiger partial charge in [0, 0.05) is 32.5 Å². The monoisotopic (exact) mass is 380 g/mol. The zero-order valence-corrected chi connectivity index (χ0v) is 17.2. The molecule has 0 aliphatic carbocycles. The van der Waals surface area contributed by atoms with Crippen LogP contribution in [-0.4, -0.2) is 37.5 Å². The van der Waals surface area contributed by atoms with Gasteiger partial charge < -0.3 is 10.2 Å². The van der Waals surface area contributed by atoms with Crippen LogP contribution in [0.3, 0.4) is 0 Å². The fraction of sp³-hybridized carbons (Fsp3) is 0.381. The Morgan fingerprint density at radius 2 is 2.04 bits per heavy atom. The van der Waals surface area contributed by atoms with Gasteiger partial charge in [-0.1, -0.05) is 19.1 Å². The van der Waals surface area contributed by atoms with Gasteiger partial charge in [-0.2, -0.15) is 10.2 Å². The van der Waals surface area contributed by atoms with E-state index < -0.39 is 0 Å². The second-order valence-corrected chi connectivity index (χ2v) is 7.15. The Hall–Kier alpha value is -3.09. The quantitative estimate of drug-likeness (QED) is 0.711. The molecule has 1 unspecified atom stereocenters. The van der Waals surface area contributed by atoms with E-state index in [1.54, 1.807) is 22.8 Å². The molecule has 0 bridgehead atoms. The van der Waals surface area contributed by atoms with Crippen molar-refractivity contribution >= 4 is 6.03 Å². The third-order valence-corrected chi connectivity index (χ3v) is 4.85. The van der Waals surface area contributed by atoms with Crippen molar-refractivity contribution in [2.45, 2.75) is 39.8 Å². The van der Waals surface area contributed by atoms with Crippen molar-refractivity contribution in [2.24, 2.45) is 7.05 Å². The minimum absolute atomic E-state index is 0.0662. The molecular weight excluding hydrogens is 352 g/mol. The predicted molar refractivity (Wildman–Crippen MR) is 109 cm³/mol. The number of nitrogens with one attached hydrogen (secondary N) is 1. The summed E-state index contributed by atoms with van der Waals surface area (Å²) in [5.41, 5.74) is 5.12. The highest BCUT2D eigenvalue weighted by Crippen LogP contribution is 2.17. The summed E-state index contributed by atoms with van der Waals surface area (Å²) in [5.74, 6) is 0. The first-order valence-corrected chi connectivity index (χ1v) is 9.51. The minimum Gasteiger partial charge on any atom is -0.330 e. The smallest absolute Gasteiger partial charge is 0.317 e. The number of aromatic nitrogens is 4. The van der Waals surface area contributed by atoms with E-state index in [0.29, 0.717) is 6.54 Å². The lowest BCUT2D eigenvalue weighted by atomic mass is 10.1. The van der Waals surface area contributed by atoms with Gasteiger partial charge in [0.1, 0.15) is 0 Å². The van der Waals surface area contributed by atoms with Gasteiger partial charge in [-0.15, -0.1) is 0 Å². The van der Waals surface area contributed by atoms with Gasteiger partial charge in [0.2, 0.25) is 0 Å². The van der Waals surface area contributed by atoms with Crippen molar-refractivity contribution in [1.82, 2.24) is 29.8 Å². The lowest BCUT2D eigenvalue weighted by molar-refractivity contribution is 0.201. The van der Waals surface area contributed by atoms with E-state index in [4.69, 9.17) is 0 Å². The molecule has 1 N–H and O–H groups in total. The number of aryl methyl sites for hydroxylation is 3. The SMILES string of the molecule is CCC(NC(=O)N(C)Cc1cccc(-n2nc(C)cc2C)c1)c1ccnn1C. The lowest BCUT2D eigenvalue weighted by Crippen LogP contribution is -2.39. The van der Waals surface area contributed by atoms with Crippen LogP contribution in [0.2, 0.25) is 0 Å². The van der Waals surface area contributed by atoms with Crippen LogP contribution < -0.4 is 5.32 Å². The van der Waals surface area contributed by atoms with Gasteiger partial charge in [-0.05, 0) is 50.1 Å². The molecule has 0 spiro atoms. The maximum Gasteiger partial charge on any atom is 0.317 e. The first-order valence-electron chi connectivity index (χ1n) is 9.51. The maximum atomic E-state index is 12.7. The summed E-state index contributed by atoms with van der Waals surface area (Å²) < 4.78 is 3.72. The second-order valence-electron chi connectivity index (χ2n) is 7.15. The summed E-state index contributed by atoms with van der Waals surface area (Å²) in [4.78, 5) is 14.4. The Kier molecular flexibility index (Phi) is 5.82. The molecule has 3 aromatic rings. The molecule has 28 heavy (non-hydrogen) atoms. The Bertz CT molecular complexity index is 957. The summed E-state index contributed by atoms with van der Waals surface area (Å²) in [5, 5.41) is 11.8. The van der Waals surface area contributed by atoms with E-state index in [1.807, 2.05) is 49.8 Å². The highest BCUT2D eigenvalue weighted by molar-refractivity contribution is 5.74. The van der Waals surface area contributed by atoms with E-state index in [9.17, 15) is 4.79 Å². The van der Waals surface area contributed by atoms with Crippen LogP contribution >= 0.6 is 0 Å². The number of urea groups is 1. The number of nitrogens with zero attached hydrogens (tertiary/aromatic N) is 5. The van der Waals surface area contributed by atoms with Crippen molar-refractivity contribution < 1.29 is 4.79 Å². The fourth-order valence-corrected chi connectivity index (χ4v) is 3.39. The number of carbonyl (C=O) groups is 1. The first kappa shape index (κ1) is 19.7.